The van der Waals surface area contributed by atoms with Crippen molar-refractivity contribution in [3.8, 4) is 0 Å². The Hall–Kier alpha value is -0.620. The number of nitrogens with zero attached hydrogens (tertiary/aromatic N) is 2. The quantitative estimate of drug-likeness (QED) is 0.548. The molecule has 9 nitrogen and oxygen atoms in total. The maximum atomic E-state index is 6.42. The zero-order valence-corrected chi connectivity index (χ0v) is 20.9. The molecule has 3 unspecified atom stereocenters. The predicted octanol–water partition coefficient (Wildman–Crippen LogP) is 1.21. The Kier molecular flexibility index (Phi) is 14.6. The summed E-state index contributed by atoms with van der Waals surface area (Å²) in [6.07, 6.45) is 4.94. The van der Waals surface area contributed by atoms with Crippen LogP contribution in [0.1, 0.15) is 19.3 Å². The maximum Gasteiger partial charge on any atom is 0.0862 e. The molecule has 1 aliphatic carbocycles. The van der Waals surface area contributed by atoms with Gasteiger partial charge in [0.15, 0.2) is 0 Å². The van der Waals surface area contributed by atoms with Gasteiger partial charge in [-0.2, -0.15) is 0 Å². The van der Waals surface area contributed by atoms with Gasteiger partial charge < -0.3 is 33.2 Å². The second-order valence-electron chi connectivity index (χ2n) is 9.01. The number of rotatable bonds is 3. The average Bonchev–Trinajstić information content (AvgIpc) is 2.84. The van der Waals surface area contributed by atoms with Crippen LogP contribution in [0.15, 0.2) is 12.7 Å². The van der Waals surface area contributed by atoms with Crippen molar-refractivity contribution in [3.63, 3.8) is 0 Å². The Morgan fingerprint density at radius 3 is 1.59 bits per heavy atom. The zero-order valence-electron chi connectivity index (χ0n) is 20.9. The molecular weight excluding hydrogens is 440 g/mol. The highest BCUT2D eigenvalue weighted by molar-refractivity contribution is 4.84. The van der Waals surface area contributed by atoms with E-state index in [1.807, 2.05) is 6.08 Å². The average molecular weight is 487 g/mol. The fourth-order valence-electron chi connectivity index (χ4n) is 4.54. The number of hydrogen-bond donors (Lipinski definition) is 0. The molecule has 1 saturated carbocycles. The van der Waals surface area contributed by atoms with E-state index in [4.69, 9.17) is 33.2 Å². The summed E-state index contributed by atoms with van der Waals surface area (Å²) in [5.74, 6) is 0. The molecule has 4 rings (SSSR count). The van der Waals surface area contributed by atoms with E-state index >= 15 is 0 Å². The van der Waals surface area contributed by atoms with Crippen LogP contribution in [0, 0.1) is 0 Å². The summed E-state index contributed by atoms with van der Waals surface area (Å²) in [7, 11) is 0. The largest absolute Gasteiger partial charge is 0.378 e. The smallest absolute Gasteiger partial charge is 0.0862 e. The van der Waals surface area contributed by atoms with Crippen LogP contribution in [-0.4, -0.2) is 140 Å². The Labute approximate surface area is 205 Å². The van der Waals surface area contributed by atoms with E-state index in [9.17, 15) is 0 Å². The Morgan fingerprint density at radius 2 is 1.09 bits per heavy atom. The van der Waals surface area contributed by atoms with Crippen molar-refractivity contribution in [2.75, 3.05) is 112 Å². The molecule has 0 spiro atoms. The van der Waals surface area contributed by atoms with E-state index in [1.165, 1.54) is 0 Å². The topological polar surface area (TPSA) is 71.1 Å². The minimum Gasteiger partial charge on any atom is -0.378 e. The molecule has 0 N–H and O–H groups in total. The summed E-state index contributed by atoms with van der Waals surface area (Å²) >= 11 is 0. The Balaban J connectivity index is 1.64. The molecule has 4 aliphatic rings. The minimum atomic E-state index is 0.0378. The van der Waals surface area contributed by atoms with Crippen molar-refractivity contribution in [3.05, 3.63) is 12.7 Å². The summed E-state index contributed by atoms with van der Waals surface area (Å²) in [6, 6.07) is 0. The summed E-state index contributed by atoms with van der Waals surface area (Å²) in [5.41, 5.74) is 0. The van der Waals surface area contributed by atoms with Crippen molar-refractivity contribution in [1.29, 1.82) is 0 Å². The summed E-state index contributed by atoms with van der Waals surface area (Å²) < 4.78 is 42.0. The number of fused-ring (bicyclic) bond motifs is 18. The highest BCUT2D eigenvalue weighted by Gasteiger charge is 2.32. The molecule has 2 bridgehead atoms. The van der Waals surface area contributed by atoms with Gasteiger partial charge in [0.2, 0.25) is 0 Å². The molecule has 3 atom stereocenters. The lowest BCUT2D eigenvalue weighted by molar-refractivity contribution is -0.128. The molecule has 0 aromatic heterocycles. The Morgan fingerprint density at radius 1 is 0.618 bits per heavy atom. The Bertz CT molecular complexity index is 507. The lowest BCUT2D eigenvalue weighted by Crippen LogP contribution is -2.44. The van der Waals surface area contributed by atoms with Crippen molar-refractivity contribution < 1.29 is 33.2 Å². The third-order valence-electron chi connectivity index (χ3n) is 6.56. The number of ether oxygens (including phenoxy) is 7. The van der Waals surface area contributed by atoms with Gasteiger partial charge in [-0.05, 0) is 12.8 Å². The van der Waals surface area contributed by atoms with Gasteiger partial charge in [0.1, 0.15) is 0 Å². The SMILES string of the molecule is C=CCOC1CCC2OCCN3CCOCCOCCN(CCOCCOCC3)CCOC2C1. The van der Waals surface area contributed by atoms with Gasteiger partial charge in [-0.25, -0.2) is 0 Å². The first-order valence-corrected chi connectivity index (χ1v) is 13.1. The molecule has 0 aromatic carbocycles. The summed E-state index contributed by atoms with van der Waals surface area (Å²) in [5, 5.41) is 0. The molecule has 3 aliphatic heterocycles. The first-order valence-electron chi connectivity index (χ1n) is 13.1. The van der Waals surface area contributed by atoms with Crippen LogP contribution in [0.5, 0.6) is 0 Å². The first kappa shape index (κ1) is 28.0. The standard InChI is InChI=1S/C25H46N2O7/c1-2-11-32-23-3-4-24-25(22-23)34-17-10-27-7-14-30-20-18-28-12-5-26(9-16-33-24)6-13-29-19-21-31-15-8-27/h2,23-25H,1,3-22H2. The molecule has 0 radical (unpaired) electrons. The lowest BCUT2D eigenvalue weighted by atomic mass is 9.92. The lowest BCUT2D eigenvalue weighted by Gasteiger charge is -2.36. The normalized spacial score (nSPS) is 34.5. The molecular formula is C25H46N2O7. The van der Waals surface area contributed by atoms with Crippen LogP contribution in [0.2, 0.25) is 0 Å². The van der Waals surface area contributed by atoms with Crippen LogP contribution in [0.3, 0.4) is 0 Å². The van der Waals surface area contributed by atoms with Crippen molar-refractivity contribution in [2.45, 2.75) is 37.6 Å². The zero-order chi connectivity index (χ0) is 23.7. The third kappa shape index (κ3) is 11.4. The third-order valence-corrected chi connectivity index (χ3v) is 6.56. The highest BCUT2D eigenvalue weighted by atomic mass is 16.5. The van der Waals surface area contributed by atoms with Gasteiger partial charge in [-0.3, -0.25) is 9.80 Å². The van der Waals surface area contributed by atoms with E-state index < -0.39 is 0 Å². The maximum absolute atomic E-state index is 6.42. The van der Waals surface area contributed by atoms with Gasteiger partial charge in [0.05, 0.1) is 91.0 Å². The van der Waals surface area contributed by atoms with Gasteiger partial charge in [0.25, 0.3) is 0 Å². The van der Waals surface area contributed by atoms with Crippen LogP contribution >= 0.6 is 0 Å². The van der Waals surface area contributed by atoms with Crippen molar-refractivity contribution >= 4 is 0 Å². The van der Waals surface area contributed by atoms with Crippen LogP contribution in [-0.2, 0) is 33.2 Å². The van der Waals surface area contributed by atoms with Gasteiger partial charge >= 0.3 is 0 Å². The van der Waals surface area contributed by atoms with E-state index in [1.54, 1.807) is 0 Å². The molecule has 198 valence electrons. The highest BCUT2D eigenvalue weighted by Crippen LogP contribution is 2.26. The molecule has 34 heavy (non-hydrogen) atoms. The van der Waals surface area contributed by atoms with Gasteiger partial charge in [0, 0.05) is 45.7 Å². The van der Waals surface area contributed by atoms with Gasteiger partial charge in [-0.1, -0.05) is 6.08 Å². The van der Waals surface area contributed by atoms with Crippen LogP contribution in [0.25, 0.3) is 0 Å². The molecule has 3 saturated heterocycles. The fraction of sp³-hybridized carbons (Fsp3) is 0.920. The predicted molar refractivity (Wildman–Crippen MR) is 129 cm³/mol. The van der Waals surface area contributed by atoms with E-state index in [2.05, 4.69) is 16.4 Å². The first-order chi connectivity index (χ1) is 16.8. The second-order valence-corrected chi connectivity index (χ2v) is 9.01. The molecule has 0 amide bonds. The van der Waals surface area contributed by atoms with Crippen molar-refractivity contribution in [2.24, 2.45) is 0 Å². The molecule has 9 heteroatoms. The van der Waals surface area contributed by atoms with E-state index in [0.717, 1.165) is 58.5 Å². The second kappa shape index (κ2) is 17.8. The molecule has 4 fully saturated rings. The van der Waals surface area contributed by atoms with E-state index in [-0.39, 0.29) is 18.3 Å². The van der Waals surface area contributed by atoms with Gasteiger partial charge in [-0.15, -0.1) is 6.58 Å². The minimum absolute atomic E-state index is 0.0378. The summed E-state index contributed by atoms with van der Waals surface area (Å²) in [4.78, 5) is 4.69. The summed E-state index contributed by atoms with van der Waals surface area (Å²) in [6.45, 7) is 15.9. The van der Waals surface area contributed by atoms with Crippen LogP contribution < -0.4 is 0 Å². The molecule has 3 heterocycles. The fourth-order valence-corrected chi connectivity index (χ4v) is 4.54. The monoisotopic (exact) mass is 486 g/mol. The van der Waals surface area contributed by atoms with Crippen LogP contribution in [0.4, 0.5) is 0 Å². The van der Waals surface area contributed by atoms with Crippen molar-refractivity contribution in [1.82, 2.24) is 9.80 Å². The van der Waals surface area contributed by atoms with E-state index in [0.29, 0.717) is 72.7 Å². The molecule has 0 aromatic rings. The number of hydrogen-bond acceptors (Lipinski definition) is 9.